The van der Waals surface area contributed by atoms with Crippen LogP contribution < -0.4 is 0 Å². The Bertz CT molecular complexity index is 152. The lowest BCUT2D eigenvalue weighted by atomic mass is 10.5. The van der Waals surface area contributed by atoms with Crippen molar-refractivity contribution in [2.75, 3.05) is 6.61 Å². The molecule has 50 valence electrons. The highest BCUT2D eigenvalue weighted by molar-refractivity contribution is 7.03. The van der Waals surface area contributed by atoms with Crippen LogP contribution in [-0.2, 0) is 11.3 Å². The Kier molecular flexibility index (Phi) is 2.60. The van der Waals surface area contributed by atoms with E-state index in [2.05, 4.69) is 9.59 Å². The predicted molar refractivity (Wildman–Crippen MR) is 35.2 cm³/mol. The van der Waals surface area contributed by atoms with E-state index in [1.165, 1.54) is 11.5 Å². The lowest BCUT2D eigenvalue weighted by molar-refractivity contribution is 0.131. The van der Waals surface area contributed by atoms with Crippen molar-refractivity contribution in [3.05, 3.63) is 11.1 Å². The maximum Gasteiger partial charge on any atom is 0.101 e. The van der Waals surface area contributed by atoms with Crippen LogP contribution in [0.15, 0.2) is 5.38 Å². The van der Waals surface area contributed by atoms with E-state index in [1.54, 1.807) is 0 Å². The van der Waals surface area contributed by atoms with Crippen LogP contribution in [0.2, 0.25) is 0 Å². The molecule has 0 saturated carbocycles. The molecule has 1 aromatic heterocycles. The monoisotopic (exact) mass is 144 g/mol. The van der Waals surface area contributed by atoms with Crippen molar-refractivity contribution in [2.45, 2.75) is 13.5 Å². The van der Waals surface area contributed by atoms with Gasteiger partial charge in [-0.15, -0.1) is 5.10 Å². The summed E-state index contributed by atoms with van der Waals surface area (Å²) in [6.45, 7) is 3.28. The smallest absolute Gasteiger partial charge is 0.101 e. The third kappa shape index (κ3) is 2.07. The van der Waals surface area contributed by atoms with Crippen molar-refractivity contribution in [3.8, 4) is 0 Å². The van der Waals surface area contributed by atoms with Crippen molar-refractivity contribution in [1.29, 1.82) is 0 Å². The van der Waals surface area contributed by atoms with Crippen molar-refractivity contribution in [3.63, 3.8) is 0 Å². The van der Waals surface area contributed by atoms with E-state index in [4.69, 9.17) is 4.74 Å². The fourth-order valence-corrected chi connectivity index (χ4v) is 0.890. The number of nitrogens with zero attached hydrogens (tertiary/aromatic N) is 2. The van der Waals surface area contributed by atoms with Gasteiger partial charge in [0.2, 0.25) is 0 Å². The molecule has 0 radical (unpaired) electrons. The maximum absolute atomic E-state index is 5.08. The molecule has 0 atom stereocenters. The quantitative estimate of drug-likeness (QED) is 0.636. The first-order chi connectivity index (χ1) is 4.43. The van der Waals surface area contributed by atoms with Gasteiger partial charge < -0.3 is 4.74 Å². The van der Waals surface area contributed by atoms with Gasteiger partial charge >= 0.3 is 0 Å². The van der Waals surface area contributed by atoms with Crippen LogP contribution in [0.4, 0.5) is 0 Å². The highest BCUT2D eigenvalue weighted by Crippen LogP contribution is 1.97. The molecule has 0 aliphatic carbocycles. The summed E-state index contributed by atoms with van der Waals surface area (Å²) in [6, 6.07) is 0. The molecule has 0 aliphatic heterocycles. The predicted octanol–water partition coefficient (Wildman–Crippen LogP) is 1.07. The topological polar surface area (TPSA) is 35.0 Å². The Morgan fingerprint density at radius 2 is 2.67 bits per heavy atom. The maximum atomic E-state index is 5.08. The Hall–Kier alpha value is -0.480. The molecule has 9 heavy (non-hydrogen) atoms. The second-order valence-electron chi connectivity index (χ2n) is 1.53. The van der Waals surface area contributed by atoms with Gasteiger partial charge in [-0.25, -0.2) is 0 Å². The Morgan fingerprint density at radius 3 is 3.22 bits per heavy atom. The molecule has 3 nitrogen and oxygen atoms in total. The van der Waals surface area contributed by atoms with E-state index in [-0.39, 0.29) is 0 Å². The average molecular weight is 144 g/mol. The first-order valence-corrected chi connectivity index (χ1v) is 3.61. The minimum Gasteiger partial charge on any atom is -0.375 e. The average Bonchev–Trinajstić information content (AvgIpc) is 2.34. The van der Waals surface area contributed by atoms with Crippen molar-refractivity contribution in [1.82, 2.24) is 9.59 Å². The van der Waals surface area contributed by atoms with Crippen LogP contribution in [0, 0.1) is 0 Å². The number of rotatable bonds is 3. The summed E-state index contributed by atoms with van der Waals surface area (Å²) >= 11 is 1.35. The first-order valence-electron chi connectivity index (χ1n) is 2.77. The Labute approximate surface area is 57.8 Å². The molecule has 0 N–H and O–H groups in total. The standard InChI is InChI=1S/C5H8N2OS/c1-2-8-3-5-4-9-7-6-5/h4H,2-3H2,1H3. The summed E-state index contributed by atoms with van der Waals surface area (Å²) in [4.78, 5) is 0. The summed E-state index contributed by atoms with van der Waals surface area (Å²) < 4.78 is 8.77. The molecule has 0 aromatic carbocycles. The van der Waals surface area contributed by atoms with Gasteiger partial charge in [-0.05, 0) is 18.5 Å². The molecule has 1 aromatic rings. The Morgan fingerprint density at radius 1 is 1.78 bits per heavy atom. The summed E-state index contributed by atoms with van der Waals surface area (Å²) in [6.07, 6.45) is 0. The highest BCUT2D eigenvalue weighted by atomic mass is 32.1. The molecule has 0 aliphatic rings. The zero-order valence-electron chi connectivity index (χ0n) is 5.20. The zero-order chi connectivity index (χ0) is 6.53. The molecule has 0 spiro atoms. The summed E-state index contributed by atoms with van der Waals surface area (Å²) in [5.74, 6) is 0. The van der Waals surface area contributed by atoms with E-state index < -0.39 is 0 Å². The van der Waals surface area contributed by atoms with Crippen LogP contribution in [0.3, 0.4) is 0 Å². The lowest BCUT2D eigenvalue weighted by Gasteiger charge is -1.92. The SMILES string of the molecule is CCOCc1csnn1. The van der Waals surface area contributed by atoms with E-state index >= 15 is 0 Å². The summed E-state index contributed by atoms with van der Waals surface area (Å²) in [5, 5.41) is 5.68. The summed E-state index contributed by atoms with van der Waals surface area (Å²) in [7, 11) is 0. The number of ether oxygens (including phenoxy) is 1. The van der Waals surface area contributed by atoms with Gasteiger partial charge in [0.05, 0.1) is 6.61 Å². The van der Waals surface area contributed by atoms with Gasteiger partial charge in [-0.3, -0.25) is 0 Å². The molecule has 0 bridgehead atoms. The fourth-order valence-electron chi connectivity index (χ4n) is 0.454. The van der Waals surface area contributed by atoms with Gasteiger partial charge in [-0.1, -0.05) is 4.49 Å². The summed E-state index contributed by atoms with van der Waals surface area (Å²) in [5.41, 5.74) is 0.918. The molecule has 4 heteroatoms. The van der Waals surface area contributed by atoms with Crippen LogP contribution in [-0.4, -0.2) is 16.2 Å². The first kappa shape index (κ1) is 6.64. The number of aromatic nitrogens is 2. The van der Waals surface area contributed by atoms with E-state index in [0.717, 1.165) is 12.3 Å². The molecule has 0 unspecified atom stereocenters. The van der Waals surface area contributed by atoms with Crippen LogP contribution in [0.5, 0.6) is 0 Å². The molecular formula is C5H8N2OS. The fraction of sp³-hybridized carbons (Fsp3) is 0.600. The molecular weight excluding hydrogens is 136 g/mol. The minimum absolute atomic E-state index is 0.590. The van der Waals surface area contributed by atoms with E-state index in [9.17, 15) is 0 Å². The van der Waals surface area contributed by atoms with Crippen molar-refractivity contribution in [2.24, 2.45) is 0 Å². The molecule has 0 saturated heterocycles. The van der Waals surface area contributed by atoms with E-state index in [0.29, 0.717) is 6.61 Å². The molecule has 1 heterocycles. The van der Waals surface area contributed by atoms with Gasteiger partial charge in [0.15, 0.2) is 0 Å². The molecule has 0 amide bonds. The Balaban J connectivity index is 2.30. The second-order valence-corrected chi connectivity index (χ2v) is 2.14. The lowest BCUT2D eigenvalue weighted by Crippen LogP contribution is -1.91. The largest absolute Gasteiger partial charge is 0.375 e. The third-order valence-corrected chi connectivity index (χ3v) is 1.41. The number of hydrogen-bond donors (Lipinski definition) is 0. The van der Waals surface area contributed by atoms with Crippen molar-refractivity contribution >= 4 is 11.5 Å². The van der Waals surface area contributed by atoms with Gasteiger partial charge in [0.25, 0.3) is 0 Å². The second kappa shape index (κ2) is 3.53. The van der Waals surface area contributed by atoms with Crippen molar-refractivity contribution < 1.29 is 4.74 Å². The van der Waals surface area contributed by atoms with E-state index in [1.807, 2.05) is 12.3 Å². The zero-order valence-corrected chi connectivity index (χ0v) is 6.02. The van der Waals surface area contributed by atoms with Gasteiger partial charge in [-0.2, -0.15) is 0 Å². The minimum atomic E-state index is 0.590. The number of hydrogen-bond acceptors (Lipinski definition) is 4. The highest BCUT2D eigenvalue weighted by Gasteiger charge is 1.92. The van der Waals surface area contributed by atoms with Crippen LogP contribution in [0.25, 0.3) is 0 Å². The van der Waals surface area contributed by atoms with Crippen LogP contribution in [0.1, 0.15) is 12.6 Å². The van der Waals surface area contributed by atoms with Gasteiger partial charge in [0, 0.05) is 12.0 Å². The third-order valence-electron chi connectivity index (χ3n) is 0.859. The van der Waals surface area contributed by atoms with Gasteiger partial charge in [0.1, 0.15) is 5.69 Å². The molecule has 0 fully saturated rings. The molecule has 1 rings (SSSR count). The van der Waals surface area contributed by atoms with Crippen LogP contribution >= 0.6 is 11.5 Å². The normalized spacial score (nSPS) is 9.89.